The minimum atomic E-state index is 0.549. The Balaban J connectivity index is 1.73. The van der Waals surface area contributed by atoms with Crippen molar-refractivity contribution in [2.45, 2.75) is 6.54 Å². The number of rotatable bonds is 7. The van der Waals surface area contributed by atoms with Crippen LogP contribution in [-0.4, -0.2) is 24.0 Å². The summed E-state index contributed by atoms with van der Waals surface area (Å²) in [6, 6.07) is 25.5. The largest absolute Gasteiger partial charge is 0.497 e. The summed E-state index contributed by atoms with van der Waals surface area (Å²) in [4.78, 5) is 0. The van der Waals surface area contributed by atoms with Crippen molar-refractivity contribution in [2.24, 2.45) is 0 Å². The van der Waals surface area contributed by atoms with Gasteiger partial charge in [0.05, 0.1) is 26.5 Å². The molecule has 0 saturated carbocycles. The van der Waals surface area contributed by atoms with Gasteiger partial charge in [-0.1, -0.05) is 60.2 Å². The van der Waals surface area contributed by atoms with Crippen LogP contribution in [0.5, 0.6) is 11.5 Å². The number of halogens is 1. The second-order valence-corrected chi connectivity index (χ2v) is 8.19. The lowest BCUT2D eigenvalue weighted by atomic mass is 10.00. The molecule has 0 N–H and O–H groups in total. The zero-order valence-electron chi connectivity index (χ0n) is 18.4. The monoisotopic (exact) mass is 474 g/mol. The molecule has 4 rings (SSSR count). The van der Waals surface area contributed by atoms with Crippen LogP contribution in [0.25, 0.3) is 28.5 Å². The van der Waals surface area contributed by atoms with Gasteiger partial charge >= 0.3 is 0 Å². The highest BCUT2D eigenvalue weighted by molar-refractivity contribution is 7.71. The molecule has 0 fully saturated rings. The summed E-state index contributed by atoms with van der Waals surface area (Å²) >= 11 is 11.7. The molecule has 4 nitrogen and oxygen atoms in total. The van der Waals surface area contributed by atoms with Crippen LogP contribution < -0.4 is 9.47 Å². The number of nitrogens with zero attached hydrogens (tertiary/aromatic N) is 2. The Morgan fingerprint density at radius 1 is 0.848 bits per heavy atom. The van der Waals surface area contributed by atoms with Crippen molar-refractivity contribution in [3.8, 4) is 33.9 Å². The van der Waals surface area contributed by atoms with Crippen LogP contribution in [0.4, 0.5) is 0 Å². The Labute approximate surface area is 203 Å². The van der Waals surface area contributed by atoms with Crippen molar-refractivity contribution in [3.05, 3.63) is 100 Å². The van der Waals surface area contributed by atoms with Gasteiger partial charge in [-0.25, -0.2) is 0 Å². The van der Waals surface area contributed by atoms with E-state index in [1.54, 1.807) is 14.2 Å². The number of ether oxygens (including phenoxy) is 2. The summed E-state index contributed by atoms with van der Waals surface area (Å²) in [5.74, 6) is 1.60. The number of aromatic nitrogens is 2. The number of methoxy groups -OCH3 is 2. The lowest BCUT2D eigenvalue weighted by Gasteiger charge is -2.14. The van der Waals surface area contributed by atoms with Gasteiger partial charge in [-0.15, -0.1) is 0 Å². The van der Waals surface area contributed by atoms with Crippen molar-refractivity contribution in [1.29, 1.82) is 0 Å². The van der Waals surface area contributed by atoms with Crippen molar-refractivity contribution in [2.75, 3.05) is 14.2 Å². The molecule has 0 unspecified atom stereocenters. The Morgan fingerprint density at radius 3 is 2.00 bits per heavy atom. The maximum absolute atomic E-state index is 5.97. The normalized spacial score (nSPS) is 11.0. The third-order valence-electron chi connectivity index (χ3n) is 5.22. The molecule has 0 atom stereocenters. The van der Waals surface area contributed by atoms with Crippen LogP contribution in [0.1, 0.15) is 5.56 Å². The highest BCUT2D eigenvalue weighted by Gasteiger charge is 2.12. The maximum atomic E-state index is 5.97. The average molecular weight is 475 g/mol. The van der Waals surface area contributed by atoms with E-state index in [1.165, 1.54) is 0 Å². The maximum Gasteiger partial charge on any atom is 0.123 e. The van der Waals surface area contributed by atoms with E-state index in [-0.39, 0.29) is 0 Å². The highest BCUT2D eigenvalue weighted by atomic mass is 35.5. The van der Waals surface area contributed by atoms with E-state index in [9.17, 15) is 0 Å². The highest BCUT2D eigenvalue weighted by Crippen LogP contribution is 2.32. The zero-order chi connectivity index (χ0) is 23.2. The minimum absolute atomic E-state index is 0.549. The molecule has 0 aliphatic rings. The van der Waals surface area contributed by atoms with Crippen molar-refractivity contribution >= 4 is 29.9 Å². The molecule has 1 aromatic heterocycles. The fourth-order valence-electron chi connectivity index (χ4n) is 3.44. The molecule has 0 aliphatic carbocycles. The second kappa shape index (κ2) is 10.5. The molecule has 0 amide bonds. The minimum Gasteiger partial charge on any atom is -0.497 e. The molecule has 0 spiro atoms. The molecule has 3 aromatic carbocycles. The van der Waals surface area contributed by atoms with Crippen molar-refractivity contribution < 1.29 is 9.47 Å². The number of benzene rings is 3. The Kier molecular flexibility index (Phi) is 7.23. The van der Waals surface area contributed by atoms with Gasteiger partial charge in [-0.05, 0) is 65.7 Å². The second-order valence-electron chi connectivity index (χ2n) is 7.34. The molecular formula is C27H23ClN2O2S. The molecule has 6 heteroatoms. The van der Waals surface area contributed by atoms with Crippen LogP contribution in [-0.2, 0) is 6.54 Å². The van der Waals surface area contributed by atoms with E-state index in [0.29, 0.717) is 16.2 Å². The first-order valence-corrected chi connectivity index (χ1v) is 11.2. The molecule has 0 radical (unpaired) electrons. The molecule has 1 heterocycles. The van der Waals surface area contributed by atoms with E-state index in [2.05, 4.69) is 0 Å². The quantitative estimate of drug-likeness (QED) is 0.263. The molecule has 4 aromatic rings. The predicted molar refractivity (Wildman–Crippen MR) is 138 cm³/mol. The number of hydrogen-bond acceptors (Lipinski definition) is 4. The Bertz CT molecular complexity index is 1310. The number of allylic oxidation sites excluding steroid dienone is 1. The molecule has 166 valence electrons. The van der Waals surface area contributed by atoms with Gasteiger partial charge in [0, 0.05) is 16.1 Å². The third kappa shape index (κ3) is 5.51. The number of hydrogen-bond donors (Lipinski definition) is 0. The first-order chi connectivity index (χ1) is 16.1. The zero-order valence-corrected chi connectivity index (χ0v) is 19.9. The van der Waals surface area contributed by atoms with Crippen LogP contribution in [0, 0.1) is 4.64 Å². The summed E-state index contributed by atoms with van der Waals surface area (Å²) in [5.41, 5.74) is 4.87. The third-order valence-corrected chi connectivity index (χ3v) is 5.80. The van der Waals surface area contributed by atoms with Gasteiger partial charge in [0.15, 0.2) is 0 Å². The predicted octanol–water partition coefficient (Wildman–Crippen LogP) is 7.33. The Hall–Kier alpha value is -3.41. The van der Waals surface area contributed by atoms with Gasteiger partial charge in [0.1, 0.15) is 16.1 Å². The van der Waals surface area contributed by atoms with Gasteiger partial charge in [0.25, 0.3) is 0 Å². The van der Waals surface area contributed by atoms with Crippen molar-refractivity contribution in [3.63, 3.8) is 0 Å². The van der Waals surface area contributed by atoms with Crippen LogP contribution in [0.2, 0.25) is 5.02 Å². The first kappa shape index (κ1) is 22.8. The van der Waals surface area contributed by atoms with E-state index in [0.717, 1.165) is 39.4 Å². The van der Waals surface area contributed by atoms with E-state index >= 15 is 0 Å². The lowest BCUT2D eigenvalue weighted by molar-refractivity contribution is 0.414. The molecular weight excluding hydrogens is 452 g/mol. The fraction of sp³-hybridized carbons (Fsp3) is 0.111. The van der Waals surface area contributed by atoms with Crippen LogP contribution >= 0.6 is 23.8 Å². The lowest BCUT2D eigenvalue weighted by Crippen LogP contribution is -2.06. The smallest absolute Gasteiger partial charge is 0.123 e. The van der Waals surface area contributed by atoms with Crippen molar-refractivity contribution in [1.82, 2.24) is 9.78 Å². The topological polar surface area (TPSA) is 36.3 Å². The molecule has 33 heavy (non-hydrogen) atoms. The standard InChI is InChI=1S/C27H23ClN2O2S/c1-31-23-13-7-20(8-14-23)25-18-26(33)30(17-3-4-19-5-11-22(28)12-6-19)29-27(25)21-9-15-24(32-2)16-10-21/h3-16,18H,17H2,1-2H3/b4-3+. The van der Waals surface area contributed by atoms with Gasteiger partial charge in [0.2, 0.25) is 0 Å². The molecule has 0 bridgehead atoms. The average Bonchev–Trinajstić information content (AvgIpc) is 2.86. The first-order valence-electron chi connectivity index (χ1n) is 10.4. The van der Waals surface area contributed by atoms with Crippen LogP contribution in [0.3, 0.4) is 0 Å². The molecule has 0 saturated heterocycles. The summed E-state index contributed by atoms with van der Waals surface area (Å²) in [7, 11) is 3.31. The summed E-state index contributed by atoms with van der Waals surface area (Å²) in [6.45, 7) is 0.549. The van der Waals surface area contributed by atoms with E-state index in [4.69, 9.17) is 38.4 Å². The summed E-state index contributed by atoms with van der Waals surface area (Å²) < 4.78 is 13.1. The summed E-state index contributed by atoms with van der Waals surface area (Å²) in [6.07, 6.45) is 4.07. The van der Waals surface area contributed by atoms with E-state index in [1.807, 2.05) is 95.7 Å². The SMILES string of the molecule is COc1ccc(-c2cc(=S)n(C/C=C/c3ccc(Cl)cc3)nc2-c2ccc(OC)cc2)cc1. The van der Waals surface area contributed by atoms with Gasteiger partial charge < -0.3 is 9.47 Å². The fourth-order valence-corrected chi connectivity index (χ4v) is 3.80. The van der Waals surface area contributed by atoms with Crippen LogP contribution in [0.15, 0.2) is 84.9 Å². The Morgan fingerprint density at radius 2 is 1.42 bits per heavy atom. The molecule has 0 aliphatic heterocycles. The summed E-state index contributed by atoms with van der Waals surface area (Å²) in [5, 5.41) is 5.65. The van der Waals surface area contributed by atoms with E-state index < -0.39 is 0 Å². The van der Waals surface area contributed by atoms with Gasteiger partial charge in [-0.2, -0.15) is 5.10 Å². The van der Waals surface area contributed by atoms with Gasteiger partial charge in [-0.3, -0.25) is 4.68 Å².